The fourth-order valence-corrected chi connectivity index (χ4v) is 1.72. The second-order valence-corrected chi connectivity index (χ2v) is 3.95. The molecular formula is C12H15N3. The van der Waals surface area contributed by atoms with Gasteiger partial charge in [-0.05, 0) is 37.9 Å². The maximum absolute atomic E-state index is 5.90. The van der Waals surface area contributed by atoms with Gasteiger partial charge in [-0.1, -0.05) is 6.07 Å². The number of fused-ring (bicyclic) bond motifs is 1. The Bertz CT molecular complexity index is 477. The van der Waals surface area contributed by atoms with Gasteiger partial charge in [0.05, 0.1) is 5.52 Å². The average Bonchev–Trinajstić information content (AvgIpc) is 2.22. The van der Waals surface area contributed by atoms with Crippen molar-refractivity contribution in [3.8, 4) is 0 Å². The number of anilines is 1. The predicted molar refractivity (Wildman–Crippen MR) is 63.5 cm³/mol. The molecule has 3 nitrogen and oxygen atoms in total. The Morgan fingerprint density at radius 2 is 2.07 bits per heavy atom. The van der Waals surface area contributed by atoms with Gasteiger partial charge in [0.1, 0.15) is 0 Å². The molecule has 0 saturated carbocycles. The third-order valence-electron chi connectivity index (χ3n) is 2.37. The summed E-state index contributed by atoms with van der Waals surface area (Å²) >= 11 is 0. The van der Waals surface area contributed by atoms with Gasteiger partial charge in [0, 0.05) is 23.8 Å². The highest BCUT2D eigenvalue weighted by molar-refractivity contribution is 5.92. The first-order valence-electron chi connectivity index (χ1n) is 4.95. The van der Waals surface area contributed by atoms with Crippen LogP contribution < -0.4 is 5.73 Å². The van der Waals surface area contributed by atoms with Crippen LogP contribution in [0.1, 0.15) is 5.56 Å². The fourth-order valence-electron chi connectivity index (χ4n) is 1.72. The lowest BCUT2D eigenvalue weighted by atomic mass is 10.1. The lowest BCUT2D eigenvalue weighted by molar-refractivity contribution is 0.404. The van der Waals surface area contributed by atoms with Crippen LogP contribution in [-0.4, -0.2) is 24.0 Å². The number of nitrogens with zero attached hydrogens (tertiary/aromatic N) is 2. The molecule has 15 heavy (non-hydrogen) atoms. The van der Waals surface area contributed by atoms with Gasteiger partial charge < -0.3 is 10.6 Å². The predicted octanol–water partition coefficient (Wildman–Crippen LogP) is 1.88. The van der Waals surface area contributed by atoms with Crippen LogP contribution in [0.25, 0.3) is 10.9 Å². The molecule has 2 aromatic rings. The van der Waals surface area contributed by atoms with Crippen molar-refractivity contribution >= 4 is 16.6 Å². The molecule has 2 rings (SSSR count). The van der Waals surface area contributed by atoms with Crippen LogP contribution in [0.2, 0.25) is 0 Å². The highest BCUT2D eigenvalue weighted by atomic mass is 15.0. The van der Waals surface area contributed by atoms with Crippen molar-refractivity contribution in [3.63, 3.8) is 0 Å². The van der Waals surface area contributed by atoms with E-state index in [0.717, 1.165) is 23.1 Å². The molecular weight excluding hydrogens is 186 g/mol. The van der Waals surface area contributed by atoms with Gasteiger partial charge in [-0.15, -0.1) is 0 Å². The molecule has 1 heterocycles. The molecule has 78 valence electrons. The maximum Gasteiger partial charge on any atom is 0.0767 e. The lowest BCUT2D eigenvalue weighted by Crippen LogP contribution is -2.11. The summed E-state index contributed by atoms with van der Waals surface area (Å²) in [7, 11) is 4.09. The van der Waals surface area contributed by atoms with Crippen molar-refractivity contribution in [2.24, 2.45) is 0 Å². The van der Waals surface area contributed by atoms with E-state index in [4.69, 9.17) is 5.73 Å². The van der Waals surface area contributed by atoms with Crippen LogP contribution >= 0.6 is 0 Å². The number of benzene rings is 1. The molecule has 0 amide bonds. The first kappa shape index (κ1) is 9.93. The molecule has 0 radical (unpaired) electrons. The van der Waals surface area contributed by atoms with Gasteiger partial charge in [-0.3, -0.25) is 4.98 Å². The summed E-state index contributed by atoms with van der Waals surface area (Å²) in [5, 5.41) is 1.04. The smallest absolute Gasteiger partial charge is 0.0767 e. The van der Waals surface area contributed by atoms with Crippen LogP contribution in [0.15, 0.2) is 30.5 Å². The highest BCUT2D eigenvalue weighted by Gasteiger charge is 2.05. The molecule has 0 aliphatic rings. The summed E-state index contributed by atoms with van der Waals surface area (Å²) in [5.74, 6) is 0. The number of nitrogens with two attached hydrogens (primary N) is 1. The number of pyridine rings is 1. The van der Waals surface area contributed by atoms with Gasteiger partial charge in [0.25, 0.3) is 0 Å². The van der Waals surface area contributed by atoms with Crippen LogP contribution in [0.5, 0.6) is 0 Å². The Hall–Kier alpha value is -1.61. The van der Waals surface area contributed by atoms with Crippen molar-refractivity contribution < 1.29 is 0 Å². The van der Waals surface area contributed by atoms with Gasteiger partial charge >= 0.3 is 0 Å². The zero-order chi connectivity index (χ0) is 10.8. The largest absolute Gasteiger partial charge is 0.398 e. The molecule has 0 fully saturated rings. The van der Waals surface area contributed by atoms with E-state index >= 15 is 0 Å². The van der Waals surface area contributed by atoms with E-state index in [1.165, 1.54) is 5.56 Å². The molecule has 1 aromatic carbocycles. The highest BCUT2D eigenvalue weighted by Crippen LogP contribution is 2.22. The molecule has 1 aromatic heterocycles. The number of rotatable bonds is 2. The second kappa shape index (κ2) is 3.87. The van der Waals surface area contributed by atoms with Crippen molar-refractivity contribution in [1.82, 2.24) is 9.88 Å². The molecule has 0 aliphatic carbocycles. The summed E-state index contributed by atoms with van der Waals surface area (Å²) in [6.07, 6.45) is 1.81. The van der Waals surface area contributed by atoms with Crippen LogP contribution in [0.4, 0.5) is 5.69 Å². The quantitative estimate of drug-likeness (QED) is 0.754. The minimum absolute atomic E-state index is 0.792. The summed E-state index contributed by atoms with van der Waals surface area (Å²) in [4.78, 5) is 6.51. The van der Waals surface area contributed by atoms with Crippen molar-refractivity contribution in [2.45, 2.75) is 6.54 Å². The van der Waals surface area contributed by atoms with Gasteiger partial charge in [0.15, 0.2) is 0 Å². The SMILES string of the molecule is CN(C)Cc1ccc(N)c2cccnc12. The molecule has 0 aliphatic heterocycles. The van der Waals surface area contributed by atoms with E-state index in [1.54, 1.807) is 6.20 Å². The van der Waals surface area contributed by atoms with Crippen molar-refractivity contribution in [3.05, 3.63) is 36.0 Å². The van der Waals surface area contributed by atoms with E-state index in [0.29, 0.717) is 0 Å². The van der Waals surface area contributed by atoms with Crippen molar-refractivity contribution in [1.29, 1.82) is 0 Å². The Labute approximate surface area is 89.5 Å². The molecule has 0 saturated heterocycles. The molecule has 0 unspecified atom stereocenters. The van der Waals surface area contributed by atoms with E-state index in [2.05, 4.69) is 9.88 Å². The van der Waals surface area contributed by atoms with Crippen LogP contribution in [0.3, 0.4) is 0 Å². The van der Waals surface area contributed by atoms with Gasteiger partial charge in [-0.2, -0.15) is 0 Å². The zero-order valence-electron chi connectivity index (χ0n) is 9.07. The second-order valence-electron chi connectivity index (χ2n) is 3.95. The average molecular weight is 201 g/mol. The van der Waals surface area contributed by atoms with E-state index < -0.39 is 0 Å². The zero-order valence-corrected chi connectivity index (χ0v) is 9.07. The summed E-state index contributed by atoms with van der Waals surface area (Å²) < 4.78 is 0. The normalized spacial score (nSPS) is 11.1. The van der Waals surface area contributed by atoms with E-state index in [9.17, 15) is 0 Å². The third kappa shape index (κ3) is 1.92. The van der Waals surface area contributed by atoms with E-state index in [1.807, 2.05) is 38.4 Å². The summed E-state index contributed by atoms with van der Waals surface area (Å²) in [6, 6.07) is 7.92. The molecule has 2 N–H and O–H groups in total. The maximum atomic E-state index is 5.90. The first-order valence-corrected chi connectivity index (χ1v) is 4.95. The Kier molecular flexibility index (Phi) is 2.56. The number of hydrogen-bond acceptors (Lipinski definition) is 3. The molecule has 3 heteroatoms. The number of aromatic nitrogens is 1. The number of hydrogen-bond donors (Lipinski definition) is 1. The van der Waals surface area contributed by atoms with Gasteiger partial charge in [-0.25, -0.2) is 0 Å². The Morgan fingerprint density at radius 1 is 1.27 bits per heavy atom. The Balaban J connectivity index is 2.61. The number of nitrogen functional groups attached to an aromatic ring is 1. The standard InChI is InChI=1S/C12H15N3/c1-15(2)8-9-5-6-11(13)10-4-3-7-14-12(9)10/h3-7H,8,13H2,1-2H3. The Morgan fingerprint density at radius 3 is 2.80 bits per heavy atom. The van der Waals surface area contributed by atoms with Crippen LogP contribution in [-0.2, 0) is 6.54 Å². The minimum atomic E-state index is 0.792. The summed E-state index contributed by atoms with van der Waals surface area (Å²) in [6.45, 7) is 0.883. The van der Waals surface area contributed by atoms with Crippen LogP contribution in [0, 0.1) is 0 Å². The topological polar surface area (TPSA) is 42.1 Å². The minimum Gasteiger partial charge on any atom is -0.398 e. The van der Waals surface area contributed by atoms with Gasteiger partial charge in [0.2, 0.25) is 0 Å². The third-order valence-corrected chi connectivity index (χ3v) is 2.37. The lowest BCUT2D eigenvalue weighted by Gasteiger charge is -2.12. The monoisotopic (exact) mass is 201 g/mol. The first-order chi connectivity index (χ1) is 7.18. The van der Waals surface area contributed by atoms with E-state index in [-0.39, 0.29) is 0 Å². The summed E-state index contributed by atoms with van der Waals surface area (Å²) in [5.41, 5.74) is 8.91. The molecule has 0 atom stereocenters. The van der Waals surface area contributed by atoms with Crippen molar-refractivity contribution in [2.75, 3.05) is 19.8 Å². The fraction of sp³-hybridized carbons (Fsp3) is 0.250. The molecule has 0 bridgehead atoms. The molecule has 0 spiro atoms.